The number of hydrogen-bond donors (Lipinski definition) is 3. The minimum Gasteiger partial charge on any atom is -0.366 e. The molecule has 2 amide bonds. The molecule has 31 heavy (non-hydrogen) atoms. The van der Waals surface area contributed by atoms with Gasteiger partial charge in [-0.2, -0.15) is 0 Å². The van der Waals surface area contributed by atoms with Gasteiger partial charge >= 0.3 is 0 Å². The first kappa shape index (κ1) is 20.6. The summed E-state index contributed by atoms with van der Waals surface area (Å²) in [6.45, 7) is 0.365. The summed E-state index contributed by atoms with van der Waals surface area (Å²) in [5.74, 6) is -0.855. The Morgan fingerprint density at radius 3 is 2.10 bits per heavy atom. The van der Waals surface area contributed by atoms with Crippen LogP contribution in [0.25, 0.3) is 0 Å². The van der Waals surface area contributed by atoms with Gasteiger partial charge in [0.1, 0.15) is 0 Å². The van der Waals surface area contributed by atoms with Crippen molar-refractivity contribution in [3.8, 4) is 0 Å². The maximum atomic E-state index is 13.4. The Kier molecular flexibility index (Phi) is 5.97. The van der Waals surface area contributed by atoms with Gasteiger partial charge in [0.15, 0.2) is 6.29 Å². The first-order valence-corrected chi connectivity index (χ1v) is 9.98. The lowest BCUT2D eigenvalue weighted by Crippen LogP contribution is -2.45. The molecule has 1 heterocycles. The zero-order chi connectivity index (χ0) is 21.8. The second kappa shape index (κ2) is 8.99. The van der Waals surface area contributed by atoms with Crippen LogP contribution >= 0.6 is 0 Å². The lowest BCUT2D eigenvalue weighted by molar-refractivity contribution is -0.0667. The number of para-hydroxylation sites is 1. The van der Waals surface area contributed by atoms with Gasteiger partial charge in [0.2, 0.25) is 5.91 Å². The number of nitrogens with two attached hydrogens (primary N) is 1. The third kappa shape index (κ3) is 4.58. The summed E-state index contributed by atoms with van der Waals surface area (Å²) in [5, 5.41) is 13.6. The lowest BCUT2D eigenvalue weighted by Gasteiger charge is -2.30. The Balaban J connectivity index is 1.62. The molecule has 3 aromatic carbocycles. The van der Waals surface area contributed by atoms with Crippen LogP contribution in [0.15, 0.2) is 78.9 Å². The van der Waals surface area contributed by atoms with E-state index < -0.39 is 18.2 Å². The van der Waals surface area contributed by atoms with E-state index in [-0.39, 0.29) is 5.91 Å². The molecule has 1 saturated heterocycles. The van der Waals surface area contributed by atoms with Crippen LogP contribution in [-0.4, -0.2) is 35.9 Å². The summed E-state index contributed by atoms with van der Waals surface area (Å²) in [5.41, 5.74) is 8.46. The van der Waals surface area contributed by atoms with Crippen LogP contribution in [0.1, 0.15) is 27.1 Å². The molecular formula is C24H23N3O4. The van der Waals surface area contributed by atoms with Gasteiger partial charge in [0, 0.05) is 28.2 Å². The Morgan fingerprint density at radius 2 is 1.52 bits per heavy atom. The zero-order valence-electron chi connectivity index (χ0n) is 16.8. The standard InChI is InChI=1S/C24H23N3O4/c25-22(28)16-6-8-17(9-7-16)23(29)27(21-14-15-31-24(21)30)20-12-10-19(11-13-20)26-18-4-2-1-3-5-18/h1-13,21,24,26,30H,14-15H2,(H2,25,28). The molecule has 0 aliphatic carbocycles. The van der Waals surface area contributed by atoms with Gasteiger partial charge in [-0.1, -0.05) is 18.2 Å². The monoisotopic (exact) mass is 417 g/mol. The fourth-order valence-corrected chi connectivity index (χ4v) is 3.59. The summed E-state index contributed by atoms with van der Waals surface area (Å²) in [6, 6.07) is 22.8. The number of hydrogen-bond acceptors (Lipinski definition) is 5. The molecule has 4 rings (SSSR count). The molecule has 4 N–H and O–H groups in total. The minimum atomic E-state index is -1.07. The summed E-state index contributed by atoms with van der Waals surface area (Å²) in [4.78, 5) is 26.2. The van der Waals surface area contributed by atoms with Crippen molar-refractivity contribution in [3.05, 3.63) is 90.0 Å². The van der Waals surface area contributed by atoms with Crippen LogP contribution in [0.3, 0.4) is 0 Å². The number of carbonyl (C=O) groups excluding carboxylic acids is 2. The molecule has 7 nitrogen and oxygen atoms in total. The molecule has 7 heteroatoms. The van der Waals surface area contributed by atoms with E-state index in [4.69, 9.17) is 10.5 Å². The highest BCUT2D eigenvalue weighted by Crippen LogP contribution is 2.29. The van der Waals surface area contributed by atoms with E-state index in [0.29, 0.717) is 29.8 Å². The summed E-state index contributed by atoms with van der Waals surface area (Å²) in [6.07, 6.45) is -0.563. The average Bonchev–Trinajstić information content (AvgIpc) is 3.21. The van der Waals surface area contributed by atoms with Crippen LogP contribution in [0, 0.1) is 0 Å². The molecule has 0 radical (unpaired) electrons. The zero-order valence-corrected chi connectivity index (χ0v) is 16.8. The van der Waals surface area contributed by atoms with Gasteiger partial charge in [-0.25, -0.2) is 0 Å². The van der Waals surface area contributed by atoms with Crippen molar-refractivity contribution in [2.24, 2.45) is 5.73 Å². The number of anilines is 3. The van der Waals surface area contributed by atoms with Crippen LogP contribution in [0.2, 0.25) is 0 Å². The number of ether oxygens (including phenoxy) is 1. The number of nitrogens with zero attached hydrogens (tertiary/aromatic N) is 1. The number of nitrogens with one attached hydrogen (secondary N) is 1. The van der Waals surface area contributed by atoms with E-state index in [1.54, 1.807) is 17.0 Å². The molecule has 158 valence electrons. The number of carbonyl (C=O) groups is 2. The van der Waals surface area contributed by atoms with E-state index in [1.165, 1.54) is 12.1 Å². The van der Waals surface area contributed by atoms with Crippen LogP contribution in [-0.2, 0) is 4.74 Å². The van der Waals surface area contributed by atoms with Crippen molar-refractivity contribution >= 4 is 28.9 Å². The molecule has 2 unspecified atom stereocenters. The minimum absolute atomic E-state index is 0.297. The highest BCUT2D eigenvalue weighted by Gasteiger charge is 2.36. The third-order valence-electron chi connectivity index (χ3n) is 5.21. The molecule has 1 aliphatic rings. The molecule has 0 aromatic heterocycles. The van der Waals surface area contributed by atoms with Crippen molar-refractivity contribution in [2.45, 2.75) is 18.8 Å². The fourth-order valence-electron chi connectivity index (χ4n) is 3.59. The van der Waals surface area contributed by atoms with Gasteiger partial charge in [0.25, 0.3) is 5.91 Å². The van der Waals surface area contributed by atoms with Crippen molar-refractivity contribution in [1.82, 2.24) is 0 Å². The SMILES string of the molecule is NC(=O)c1ccc(C(=O)N(c2ccc(Nc3ccccc3)cc2)C2CCOC2O)cc1. The predicted molar refractivity (Wildman–Crippen MR) is 118 cm³/mol. The molecule has 0 spiro atoms. The third-order valence-corrected chi connectivity index (χ3v) is 5.21. The normalized spacial score (nSPS) is 17.8. The highest BCUT2D eigenvalue weighted by molar-refractivity contribution is 6.07. The molecule has 1 fully saturated rings. The van der Waals surface area contributed by atoms with Crippen LogP contribution in [0.4, 0.5) is 17.1 Å². The van der Waals surface area contributed by atoms with Gasteiger partial charge in [-0.3, -0.25) is 9.59 Å². The molecule has 0 saturated carbocycles. The Hall–Kier alpha value is -3.68. The highest BCUT2D eigenvalue weighted by atomic mass is 16.6. The number of aliphatic hydroxyl groups excluding tert-OH is 1. The number of aliphatic hydroxyl groups is 1. The van der Waals surface area contributed by atoms with Gasteiger partial charge in [0.05, 0.1) is 12.6 Å². The quantitative estimate of drug-likeness (QED) is 0.571. The topological polar surface area (TPSA) is 105 Å². The maximum absolute atomic E-state index is 13.4. The number of rotatable bonds is 6. The first-order chi connectivity index (χ1) is 15.0. The maximum Gasteiger partial charge on any atom is 0.258 e. The molecule has 2 atom stereocenters. The molecule has 0 bridgehead atoms. The first-order valence-electron chi connectivity index (χ1n) is 9.98. The smallest absolute Gasteiger partial charge is 0.258 e. The van der Waals surface area contributed by atoms with E-state index in [0.717, 1.165) is 11.4 Å². The van der Waals surface area contributed by atoms with Crippen molar-refractivity contribution in [3.63, 3.8) is 0 Å². The lowest BCUT2D eigenvalue weighted by atomic mass is 10.1. The largest absolute Gasteiger partial charge is 0.366 e. The Labute approximate surface area is 180 Å². The Morgan fingerprint density at radius 1 is 0.903 bits per heavy atom. The number of primary amides is 1. The number of benzene rings is 3. The van der Waals surface area contributed by atoms with Crippen LogP contribution < -0.4 is 16.0 Å². The van der Waals surface area contributed by atoms with E-state index in [2.05, 4.69) is 5.32 Å². The number of amides is 2. The van der Waals surface area contributed by atoms with E-state index in [9.17, 15) is 14.7 Å². The predicted octanol–water partition coefficient (Wildman–Crippen LogP) is 3.28. The fraction of sp³-hybridized carbons (Fsp3) is 0.167. The van der Waals surface area contributed by atoms with Crippen molar-refractivity contribution in [2.75, 3.05) is 16.8 Å². The summed E-state index contributed by atoms with van der Waals surface area (Å²) in [7, 11) is 0. The van der Waals surface area contributed by atoms with Gasteiger partial charge < -0.3 is 25.8 Å². The van der Waals surface area contributed by atoms with Gasteiger partial charge in [-0.05, 0) is 67.1 Å². The molecule has 1 aliphatic heterocycles. The second-order valence-corrected chi connectivity index (χ2v) is 7.27. The van der Waals surface area contributed by atoms with Crippen molar-refractivity contribution in [1.29, 1.82) is 0 Å². The summed E-state index contributed by atoms with van der Waals surface area (Å²) < 4.78 is 5.30. The Bertz CT molecular complexity index is 1050. The van der Waals surface area contributed by atoms with Crippen LogP contribution in [0.5, 0.6) is 0 Å². The van der Waals surface area contributed by atoms with E-state index >= 15 is 0 Å². The van der Waals surface area contributed by atoms with Gasteiger partial charge in [-0.15, -0.1) is 0 Å². The molecular weight excluding hydrogens is 394 g/mol. The molecule has 3 aromatic rings. The summed E-state index contributed by atoms with van der Waals surface area (Å²) >= 11 is 0. The second-order valence-electron chi connectivity index (χ2n) is 7.27. The average molecular weight is 417 g/mol. The van der Waals surface area contributed by atoms with E-state index in [1.807, 2.05) is 54.6 Å². The van der Waals surface area contributed by atoms with Crippen molar-refractivity contribution < 1.29 is 19.4 Å².